The molecule has 31 heavy (non-hydrogen) atoms. The molecule has 0 radical (unpaired) electrons. The summed E-state index contributed by atoms with van der Waals surface area (Å²) in [6, 6.07) is 5.94. The van der Waals surface area contributed by atoms with E-state index in [4.69, 9.17) is 4.74 Å². The summed E-state index contributed by atoms with van der Waals surface area (Å²) in [4.78, 5) is 16.7. The summed E-state index contributed by atoms with van der Waals surface area (Å²) in [5, 5.41) is 2.84. The third-order valence-corrected chi connectivity index (χ3v) is 6.29. The predicted molar refractivity (Wildman–Crippen MR) is 126 cm³/mol. The van der Waals surface area contributed by atoms with Gasteiger partial charge in [-0.15, -0.1) is 0 Å². The van der Waals surface area contributed by atoms with Crippen molar-refractivity contribution >= 4 is 11.7 Å². The first-order valence-corrected chi connectivity index (χ1v) is 12.1. The van der Waals surface area contributed by atoms with E-state index in [-0.39, 0.29) is 17.9 Å². The average Bonchev–Trinajstić information content (AvgIpc) is 2.77. The Morgan fingerprint density at radius 2 is 1.65 bits per heavy atom. The molecule has 0 bridgehead atoms. The highest BCUT2D eigenvalue weighted by molar-refractivity contribution is 5.89. The molecule has 2 amide bonds. The molecule has 0 atom stereocenters. The van der Waals surface area contributed by atoms with Crippen LogP contribution in [0.2, 0.25) is 0 Å². The number of rotatable bonds is 13. The molecule has 0 aromatic heterocycles. The van der Waals surface area contributed by atoms with Crippen LogP contribution in [0.1, 0.15) is 71.1 Å². The van der Waals surface area contributed by atoms with Crippen LogP contribution in [0, 0.1) is 5.82 Å². The number of carbonyl (C=O) groups is 1. The minimum absolute atomic E-state index is 0.143. The Morgan fingerprint density at radius 1 is 1.00 bits per heavy atom. The quantitative estimate of drug-likeness (QED) is 0.392. The van der Waals surface area contributed by atoms with E-state index in [9.17, 15) is 9.18 Å². The van der Waals surface area contributed by atoms with Crippen molar-refractivity contribution in [3.8, 4) is 0 Å². The highest BCUT2D eigenvalue weighted by Gasteiger charge is 2.27. The van der Waals surface area contributed by atoms with Crippen molar-refractivity contribution in [2.45, 2.75) is 83.3 Å². The number of ether oxygens (including phenoxy) is 1. The van der Waals surface area contributed by atoms with Crippen LogP contribution < -0.4 is 5.32 Å². The fourth-order valence-corrected chi connectivity index (χ4v) is 4.16. The smallest absolute Gasteiger partial charge is 0.321 e. The molecule has 1 saturated carbocycles. The van der Waals surface area contributed by atoms with Crippen LogP contribution in [-0.2, 0) is 4.74 Å². The van der Waals surface area contributed by atoms with Crippen LogP contribution in [0.3, 0.4) is 0 Å². The van der Waals surface area contributed by atoms with E-state index >= 15 is 0 Å². The van der Waals surface area contributed by atoms with Crippen LogP contribution in [0.4, 0.5) is 14.9 Å². The zero-order valence-corrected chi connectivity index (χ0v) is 19.7. The molecule has 176 valence electrons. The number of amides is 2. The second-order valence-corrected chi connectivity index (χ2v) is 8.92. The van der Waals surface area contributed by atoms with Crippen molar-refractivity contribution in [2.75, 3.05) is 39.1 Å². The van der Waals surface area contributed by atoms with Gasteiger partial charge in [0.05, 0.1) is 6.10 Å². The Labute approximate surface area is 188 Å². The van der Waals surface area contributed by atoms with E-state index in [0.717, 1.165) is 38.7 Å². The summed E-state index contributed by atoms with van der Waals surface area (Å²) in [6.07, 6.45) is 11.7. The Balaban J connectivity index is 1.53. The molecule has 1 aliphatic rings. The first kappa shape index (κ1) is 25.6. The number of hydrogen-bond acceptors (Lipinski definition) is 3. The van der Waals surface area contributed by atoms with Crippen LogP contribution in [-0.4, -0.2) is 61.8 Å². The molecule has 1 N–H and O–H groups in total. The number of urea groups is 1. The molecule has 1 aliphatic carbocycles. The highest BCUT2D eigenvalue weighted by Crippen LogP contribution is 2.25. The van der Waals surface area contributed by atoms with Crippen molar-refractivity contribution in [1.82, 2.24) is 9.80 Å². The second kappa shape index (κ2) is 14.4. The normalized spacial score (nSPS) is 18.9. The molecule has 1 aromatic rings. The van der Waals surface area contributed by atoms with E-state index < -0.39 is 0 Å². The Kier molecular flexibility index (Phi) is 11.9. The van der Waals surface area contributed by atoms with Gasteiger partial charge in [-0.05, 0) is 95.8 Å². The zero-order chi connectivity index (χ0) is 22.5. The van der Waals surface area contributed by atoms with Gasteiger partial charge in [0.2, 0.25) is 0 Å². The van der Waals surface area contributed by atoms with Crippen molar-refractivity contribution in [3.05, 3.63) is 30.1 Å². The lowest BCUT2D eigenvalue weighted by atomic mass is 9.92. The molecular weight excluding hydrogens is 393 g/mol. The first-order chi connectivity index (χ1) is 15.0. The maximum Gasteiger partial charge on any atom is 0.321 e. The van der Waals surface area contributed by atoms with Gasteiger partial charge in [0.25, 0.3) is 0 Å². The largest absolute Gasteiger partial charge is 0.378 e. The van der Waals surface area contributed by atoms with Gasteiger partial charge >= 0.3 is 6.03 Å². The van der Waals surface area contributed by atoms with Gasteiger partial charge in [0.15, 0.2) is 0 Å². The van der Waals surface area contributed by atoms with Crippen LogP contribution in [0.5, 0.6) is 0 Å². The van der Waals surface area contributed by atoms with Crippen molar-refractivity contribution in [1.29, 1.82) is 0 Å². The monoisotopic (exact) mass is 435 g/mol. The van der Waals surface area contributed by atoms with Gasteiger partial charge in [-0.1, -0.05) is 19.8 Å². The Bertz CT molecular complexity index is 618. The number of nitrogens with one attached hydrogen (secondary N) is 1. The van der Waals surface area contributed by atoms with Gasteiger partial charge in [-0.2, -0.15) is 0 Å². The number of unbranched alkanes of at least 4 members (excludes halogenated alkanes) is 4. The van der Waals surface area contributed by atoms with Crippen molar-refractivity contribution in [3.63, 3.8) is 0 Å². The van der Waals surface area contributed by atoms with Gasteiger partial charge in [0.1, 0.15) is 5.82 Å². The topological polar surface area (TPSA) is 44.8 Å². The summed E-state index contributed by atoms with van der Waals surface area (Å²) in [5.74, 6) is -0.306. The van der Waals surface area contributed by atoms with E-state index in [1.165, 1.54) is 57.3 Å². The molecule has 6 heteroatoms. The molecule has 0 unspecified atom stereocenters. The summed E-state index contributed by atoms with van der Waals surface area (Å²) < 4.78 is 19.1. The third kappa shape index (κ3) is 10.0. The fraction of sp³-hybridized carbons (Fsp3) is 0.720. The first-order valence-electron chi connectivity index (χ1n) is 12.1. The number of anilines is 1. The van der Waals surface area contributed by atoms with Crippen molar-refractivity contribution in [2.24, 2.45) is 0 Å². The summed E-state index contributed by atoms with van der Waals surface area (Å²) in [6.45, 7) is 5.48. The lowest BCUT2D eigenvalue weighted by Crippen LogP contribution is -2.42. The molecule has 1 aromatic carbocycles. The minimum atomic E-state index is -0.306. The third-order valence-electron chi connectivity index (χ3n) is 6.29. The molecule has 1 fully saturated rings. The zero-order valence-electron chi connectivity index (χ0n) is 19.7. The van der Waals surface area contributed by atoms with Gasteiger partial charge in [0, 0.05) is 25.4 Å². The average molecular weight is 436 g/mol. The predicted octanol–water partition coefficient (Wildman–Crippen LogP) is 5.91. The number of carbonyl (C=O) groups excluding carboxylic acids is 1. The summed E-state index contributed by atoms with van der Waals surface area (Å²) in [5.41, 5.74) is 0.613. The molecule has 0 saturated heterocycles. The number of hydrogen-bond donors (Lipinski definition) is 1. The highest BCUT2D eigenvalue weighted by atomic mass is 19.1. The fourth-order valence-electron chi connectivity index (χ4n) is 4.16. The molecule has 2 rings (SSSR count). The standard InChI is InChI=1S/C25H42FN3O2/c1-4-5-7-18-28(2)19-8-6-9-20-31-24-16-14-23(15-17-24)29(3)25(30)27-22-12-10-21(26)11-13-22/h10-13,23-24H,4-9,14-20H2,1-3H3,(H,27,30). The van der Waals surface area contributed by atoms with Crippen molar-refractivity contribution < 1.29 is 13.9 Å². The van der Waals surface area contributed by atoms with Gasteiger partial charge < -0.3 is 19.9 Å². The van der Waals surface area contributed by atoms with Gasteiger partial charge in [-0.3, -0.25) is 0 Å². The Hall–Kier alpha value is -1.66. The number of halogens is 1. The number of nitrogens with zero attached hydrogens (tertiary/aromatic N) is 2. The van der Waals surface area contributed by atoms with E-state index in [1.807, 2.05) is 7.05 Å². The lowest BCUT2D eigenvalue weighted by Gasteiger charge is -2.34. The molecule has 0 heterocycles. The lowest BCUT2D eigenvalue weighted by molar-refractivity contribution is 0.0129. The van der Waals surface area contributed by atoms with E-state index in [1.54, 1.807) is 17.0 Å². The molecule has 0 aliphatic heterocycles. The molecule has 0 spiro atoms. The van der Waals surface area contributed by atoms with Crippen LogP contribution in [0.15, 0.2) is 24.3 Å². The number of benzene rings is 1. The molecule has 5 nitrogen and oxygen atoms in total. The summed E-state index contributed by atoms with van der Waals surface area (Å²) in [7, 11) is 4.06. The van der Waals surface area contributed by atoms with Crippen LogP contribution >= 0.6 is 0 Å². The minimum Gasteiger partial charge on any atom is -0.378 e. The van der Waals surface area contributed by atoms with E-state index in [0.29, 0.717) is 11.8 Å². The maximum atomic E-state index is 13.0. The SMILES string of the molecule is CCCCCN(C)CCCCCOC1CCC(N(C)C(=O)Nc2ccc(F)cc2)CC1. The maximum absolute atomic E-state index is 13.0. The second-order valence-electron chi connectivity index (χ2n) is 8.92. The van der Waals surface area contributed by atoms with E-state index in [2.05, 4.69) is 24.2 Å². The Morgan fingerprint density at radius 3 is 2.29 bits per heavy atom. The van der Waals surface area contributed by atoms with Gasteiger partial charge in [-0.25, -0.2) is 9.18 Å². The summed E-state index contributed by atoms with van der Waals surface area (Å²) >= 11 is 0. The van der Waals surface area contributed by atoms with Crippen LogP contribution in [0.25, 0.3) is 0 Å². The molecular formula is C25H42FN3O2.